The summed E-state index contributed by atoms with van der Waals surface area (Å²) in [6.45, 7) is -0.650. The summed E-state index contributed by atoms with van der Waals surface area (Å²) >= 11 is 5.52. The van der Waals surface area contributed by atoms with Gasteiger partial charge in [0.2, 0.25) is 0 Å². The summed E-state index contributed by atoms with van der Waals surface area (Å²) in [6.07, 6.45) is -3.20. The number of amides is 1. The van der Waals surface area contributed by atoms with Gasteiger partial charge in [0, 0.05) is 22.8 Å². The molecule has 0 atom stereocenters. The van der Waals surface area contributed by atoms with E-state index in [2.05, 4.69) is 10.3 Å². The van der Waals surface area contributed by atoms with Crippen molar-refractivity contribution in [3.05, 3.63) is 64.8 Å². The molecular formula is C18H12ClF3N2O3. The fourth-order valence-corrected chi connectivity index (χ4v) is 2.69. The van der Waals surface area contributed by atoms with Crippen LogP contribution in [0.5, 0.6) is 0 Å². The van der Waals surface area contributed by atoms with Gasteiger partial charge >= 0.3 is 12.1 Å². The van der Waals surface area contributed by atoms with E-state index in [1.807, 2.05) is 0 Å². The number of nitrogens with one attached hydrogen (secondary N) is 2. The third-order valence-electron chi connectivity index (χ3n) is 3.70. The number of halogens is 4. The van der Waals surface area contributed by atoms with Gasteiger partial charge in [0.25, 0.3) is 5.91 Å². The van der Waals surface area contributed by atoms with Gasteiger partial charge in [-0.2, -0.15) is 13.2 Å². The van der Waals surface area contributed by atoms with Crippen molar-refractivity contribution in [2.75, 3.05) is 11.9 Å². The highest BCUT2D eigenvalue weighted by Crippen LogP contribution is 2.36. The van der Waals surface area contributed by atoms with Crippen molar-refractivity contribution in [3.63, 3.8) is 0 Å². The molecule has 27 heavy (non-hydrogen) atoms. The number of hydrogen-bond donors (Lipinski definition) is 2. The van der Waals surface area contributed by atoms with Gasteiger partial charge in [-0.3, -0.25) is 4.79 Å². The number of carbonyl (C=O) groups is 2. The maximum atomic E-state index is 12.8. The van der Waals surface area contributed by atoms with E-state index in [1.54, 1.807) is 24.3 Å². The minimum Gasteiger partial charge on any atom is -0.452 e. The Morgan fingerprint density at radius 1 is 1.15 bits per heavy atom. The minimum absolute atomic E-state index is 0.111. The molecule has 3 rings (SSSR count). The van der Waals surface area contributed by atoms with Crippen LogP contribution in [0.25, 0.3) is 10.9 Å². The molecule has 2 N–H and O–H groups in total. The van der Waals surface area contributed by atoms with Crippen molar-refractivity contribution >= 4 is 40.1 Å². The zero-order valence-corrected chi connectivity index (χ0v) is 14.3. The summed E-state index contributed by atoms with van der Waals surface area (Å²) < 4.78 is 43.4. The second-order valence-corrected chi connectivity index (χ2v) is 5.97. The number of fused-ring (bicyclic) bond motifs is 1. The first-order valence-electron chi connectivity index (χ1n) is 7.65. The molecule has 0 saturated carbocycles. The number of anilines is 1. The predicted octanol–water partition coefficient (Wildman–Crippen LogP) is 4.64. The molecule has 140 valence electrons. The zero-order chi connectivity index (χ0) is 19.6. The zero-order valence-electron chi connectivity index (χ0n) is 13.6. The Morgan fingerprint density at radius 3 is 2.63 bits per heavy atom. The average molecular weight is 397 g/mol. The molecule has 0 aliphatic rings. The highest BCUT2D eigenvalue weighted by atomic mass is 35.5. The molecule has 0 unspecified atom stereocenters. The molecule has 9 heteroatoms. The van der Waals surface area contributed by atoms with Gasteiger partial charge in [-0.15, -0.1) is 0 Å². The van der Waals surface area contributed by atoms with E-state index in [-0.39, 0.29) is 11.3 Å². The van der Waals surface area contributed by atoms with Gasteiger partial charge in [0.1, 0.15) is 0 Å². The van der Waals surface area contributed by atoms with Crippen LogP contribution in [0.3, 0.4) is 0 Å². The molecule has 0 radical (unpaired) electrons. The van der Waals surface area contributed by atoms with Crippen LogP contribution in [-0.4, -0.2) is 23.5 Å². The van der Waals surface area contributed by atoms with Crippen molar-refractivity contribution in [1.82, 2.24) is 4.98 Å². The van der Waals surface area contributed by atoms with Crippen LogP contribution in [-0.2, 0) is 15.7 Å². The molecular weight excluding hydrogens is 385 g/mol. The largest absolute Gasteiger partial charge is 0.452 e. The molecule has 1 heterocycles. The maximum absolute atomic E-state index is 12.8. The molecule has 0 aliphatic carbocycles. The van der Waals surface area contributed by atoms with Gasteiger partial charge in [-0.05, 0) is 24.3 Å². The van der Waals surface area contributed by atoms with E-state index in [4.69, 9.17) is 16.3 Å². The molecule has 0 aliphatic heterocycles. The van der Waals surface area contributed by atoms with Crippen LogP contribution in [0.15, 0.2) is 48.7 Å². The Labute approximate surface area is 156 Å². The quantitative estimate of drug-likeness (QED) is 0.631. The van der Waals surface area contributed by atoms with E-state index in [0.717, 1.165) is 11.6 Å². The van der Waals surface area contributed by atoms with Gasteiger partial charge < -0.3 is 15.0 Å². The van der Waals surface area contributed by atoms with Crippen LogP contribution >= 0.6 is 11.6 Å². The van der Waals surface area contributed by atoms with Crippen molar-refractivity contribution in [1.29, 1.82) is 0 Å². The SMILES string of the molecule is O=C(COC(=O)c1c[nH]c2ccccc12)Nc1ccc(Cl)c(C(F)(F)F)c1. The number of aromatic amines is 1. The van der Waals surface area contributed by atoms with Gasteiger partial charge in [-0.25, -0.2) is 4.79 Å². The molecule has 5 nitrogen and oxygen atoms in total. The summed E-state index contributed by atoms with van der Waals surface area (Å²) in [5, 5.41) is 2.39. The Bertz CT molecular complexity index is 1010. The van der Waals surface area contributed by atoms with Crippen LogP contribution in [0.1, 0.15) is 15.9 Å². The fourth-order valence-electron chi connectivity index (χ4n) is 2.47. The second-order valence-electron chi connectivity index (χ2n) is 5.56. The first-order valence-corrected chi connectivity index (χ1v) is 8.03. The first-order chi connectivity index (χ1) is 12.8. The highest BCUT2D eigenvalue weighted by molar-refractivity contribution is 6.31. The van der Waals surface area contributed by atoms with Crippen LogP contribution in [0.4, 0.5) is 18.9 Å². The Morgan fingerprint density at radius 2 is 1.89 bits per heavy atom. The number of hydrogen-bond acceptors (Lipinski definition) is 3. The third-order valence-corrected chi connectivity index (χ3v) is 4.03. The van der Waals surface area contributed by atoms with Gasteiger partial charge in [0.05, 0.1) is 16.1 Å². The lowest BCUT2D eigenvalue weighted by atomic mass is 10.2. The summed E-state index contributed by atoms with van der Waals surface area (Å²) in [7, 11) is 0. The number of aromatic nitrogens is 1. The number of H-pyrrole nitrogens is 1. The summed E-state index contributed by atoms with van der Waals surface area (Å²) in [5.74, 6) is -1.51. The lowest BCUT2D eigenvalue weighted by Crippen LogP contribution is -2.21. The highest BCUT2D eigenvalue weighted by Gasteiger charge is 2.33. The number of carbonyl (C=O) groups excluding carboxylic acids is 2. The molecule has 0 fully saturated rings. The van der Waals surface area contributed by atoms with Gasteiger partial charge in [-0.1, -0.05) is 29.8 Å². The molecule has 3 aromatic rings. The monoisotopic (exact) mass is 396 g/mol. The molecule has 0 spiro atoms. The van der Waals surface area contributed by atoms with Crippen LogP contribution in [0.2, 0.25) is 5.02 Å². The summed E-state index contributed by atoms with van der Waals surface area (Å²) in [4.78, 5) is 26.9. The van der Waals surface area contributed by atoms with E-state index in [9.17, 15) is 22.8 Å². The van der Waals surface area contributed by atoms with Crippen molar-refractivity contribution in [2.24, 2.45) is 0 Å². The Kier molecular flexibility index (Phi) is 5.09. The van der Waals surface area contributed by atoms with Crippen LogP contribution < -0.4 is 5.32 Å². The molecule has 0 bridgehead atoms. The summed E-state index contributed by atoms with van der Waals surface area (Å²) in [5.41, 5.74) is -0.198. The average Bonchev–Trinajstić information content (AvgIpc) is 3.04. The lowest BCUT2D eigenvalue weighted by molar-refractivity contribution is -0.137. The second kappa shape index (κ2) is 7.32. The Balaban J connectivity index is 1.64. The number of rotatable bonds is 4. The van der Waals surface area contributed by atoms with E-state index >= 15 is 0 Å². The number of benzene rings is 2. The number of esters is 1. The first kappa shape index (κ1) is 18.8. The van der Waals surface area contributed by atoms with Gasteiger partial charge in [0.15, 0.2) is 6.61 Å². The molecule has 2 aromatic carbocycles. The predicted molar refractivity (Wildman–Crippen MR) is 93.7 cm³/mol. The van der Waals surface area contributed by atoms with Crippen LogP contribution in [0, 0.1) is 0 Å². The number of ether oxygens (including phenoxy) is 1. The van der Waals surface area contributed by atoms with Crippen molar-refractivity contribution < 1.29 is 27.5 Å². The number of para-hydroxylation sites is 1. The third kappa shape index (κ3) is 4.22. The van der Waals surface area contributed by atoms with E-state index in [0.29, 0.717) is 11.5 Å². The topological polar surface area (TPSA) is 71.2 Å². The lowest BCUT2D eigenvalue weighted by Gasteiger charge is -2.12. The minimum atomic E-state index is -4.65. The molecule has 0 saturated heterocycles. The van der Waals surface area contributed by atoms with Crippen molar-refractivity contribution in [2.45, 2.75) is 6.18 Å². The molecule has 1 aromatic heterocycles. The normalized spacial score (nSPS) is 11.4. The van der Waals surface area contributed by atoms with E-state index in [1.165, 1.54) is 12.3 Å². The number of alkyl halides is 3. The van der Waals surface area contributed by atoms with E-state index < -0.39 is 35.2 Å². The summed E-state index contributed by atoms with van der Waals surface area (Å²) in [6, 6.07) is 9.99. The maximum Gasteiger partial charge on any atom is 0.417 e. The Hall–Kier alpha value is -3.00. The van der Waals surface area contributed by atoms with Crippen molar-refractivity contribution in [3.8, 4) is 0 Å². The standard InChI is InChI=1S/C18H12ClF3N2O3/c19-14-6-5-10(7-13(14)18(20,21)22)24-16(25)9-27-17(26)12-8-23-15-4-2-1-3-11(12)15/h1-8,23H,9H2,(H,24,25). The smallest absolute Gasteiger partial charge is 0.417 e. The molecule has 1 amide bonds. The fraction of sp³-hybridized carbons (Fsp3) is 0.111.